The first-order chi connectivity index (χ1) is 15.7. The monoisotopic (exact) mass is 463 g/mol. The molecule has 1 aliphatic rings. The largest absolute Gasteiger partial charge is 0.493 e. The summed E-state index contributed by atoms with van der Waals surface area (Å²) in [5.41, 5.74) is -0.607. The molecule has 0 aliphatic carbocycles. The highest BCUT2D eigenvalue weighted by Gasteiger charge is 2.48. The lowest BCUT2D eigenvalue weighted by Crippen LogP contribution is -2.46. The summed E-state index contributed by atoms with van der Waals surface area (Å²) in [5.74, 6) is -0.607. The number of amides is 4. The van der Waals surface area contributed by atoms with Crippen LogP contribution in [0.2, 0.25) is 0 Å². The van der Waals surface area contributed by atoms with Crippen LogP contribution >= 0.6 is 0 Å². The second kappa shape index (κ2) is 9.72. The van der Waals surface area contributed by atoms with Crippen LogP contribution in [0.4, 0.5) is 19.3 Å². The molecule has 0 aromatic heterocycles. The van der Waals surface area contributed by atoms with E-state index in [-0.39, 0.29) is 17.9 Å². The van der Waals surface area contributed by atoms with Crippen molar-refractivity contribution in [2.75, 3.05) is 26.1 Å². The third-order valence-corrected chi connectivity index (χ3v) is 5.03. The zero-order valence-electron chi connectivity index (χ0n) is 18.2. The number of alkyl halides is 2. The van der Waals surface area contributed by atoms with Gasteiger partial charge in [-0.15, -0.1) is 0 Å². The molecule has 0 unspecified atom stereocenters. The molecule has 2 aromatic carbocycles. The lowest BCUT2D eigenvalue weighted by atomic mass is 9.92. The van der Waals surface area contributed by atoms with Crippen molar-refractivity contribution < 1.29 is 37.4 Å². The summed E-state index contributed by atoms with van der Waals surface area (Å²) in [6, 6.07) is 9.98. The molecular formula is C22H23F2N3O6. The normalized spacial score (nSPS) is 17.7. The van der Waals surface area contributed by atoms with E-state index in [4.69, 9.17) is 9.47 Å². The molecule has 176 valence electrons. The Morgan fingerprint density at radius 2 is 1.79 bits per heavy atom. The molecule has 3 rings (SSSR count). The number of halogens is 2. The predicted octanol–water partition coefficient (Wildman–Crippen LogP) is 2.80. The molecule has 1 fully saturated rings. The first-order valence-electron chi connectivity index (χ1n) is 9.85. The fourth-order valence-corrected chi connectivity index (χ4v) is 3.51. The number of para-hydroxylation sites is 2. The van der Waals surface area contributed by atoms with Gasteiger partial charge in [0.15, 0.2) is 11.5 Å². The highest BCUT2D eigenvalue weighted by Crippen LogP contribution is 2.31. The van der Waals surface area contributed by atoms with Gasteiger partial charge in [-0.3, -0.25) is 14.5 Å². The summed E-state index contributed by atoms with van der Waals surface area (Å²) in [4.78, 5) is 38.7. The van der Waals surface area contributed by atoms with Gasteiger partial charge in [0.05, 0.1) is 19.9 Å². The molecule has 9 nitrogen and oxygen atoms in total. The van der Waals surface area contributed by atoms with E-state index in [2.05, 4.69) is 15.4 Å². The van der Waals surface area contributed by atoms with Crippen molar-refractivity contribution in [2.45, 2.75) is 25.5 Å². The quantitative estimate of drug-likeness (QED) is 0.554. The van der Waals surface area contributed by atoms with E-state index < -0.39 is 36.5 Å². The third-order valence-electron chi connectivity index (χ3n) is 5.03. The maximum absolute atomic E-state index is 13.0. The van der Waals surface area contributed by atoms with Gasteiger partial charge in [0.1, 0.15) is 17.8 Å². The Hall–Kier alpha value is -3.89. The van der Waals surface area contributed by atoms with Gasteiger partial charge in [-0.1, -0.05) is 18.2 Å². The van der Waals surface area contributed by atoms with Gasteiger partial charge in [-0.05, 0) is 36.8 Å². The van der Waals surface area contributed by atoms with Gasteiger partial charge in [0.2, 0.25) is 5.91 Å². The summed E-state index contributed by atoms with van der Waals surface area (Å²) < 4.78 is 40.0. The second-order valence-corrected chi connectivity index (χ2v) is 7.44. The number of carbonyl (C=O) groups is 3. The van der Waals surface area contributed by atoms with Crippen LogP contribution in [0.25, 0.3) is 0 Å². The summed E-state index contributed by atoms with van der Waals surface area (Å²) in [5, 5.41) is 5.00. The lowest BCUT2D eigenvalue weighted by molar-refractivity contribution is -0.133. The number of nitrogens with zero attached hydrogens (tertiary/aromatic N) is 1. The fraction of sp³-hybridized carbons (Fsp3) is 0.318. The summed E-state index contributed by atoms with van der Waals surface area (Å²) in [7, 11) is 2.98. The van der Waals surface area contributed by atoms with Crippen molar-refractivity contribution in [2.24, 2.45) is 0 Å². The highest BCUT2D eigenvalue weighted by molar-refractivity contribution is 6.10. The number of rotatable bonds is 9. The zero-order valence-corrected chi connectivity index (χ0v) is 18.2. The number of hydrogen-bond acceptors (Lipinski definition) is 6. The maximum atomic E-state index is 13.0. The number of imide groups is 1. The molecule has 0 saturated carbocycles. The molecule has 2 N–H and O–H groups in total. The Balaban J connectivity index is 1.71. The van der Waals surface area contributed by atoms with Gasteiger partial charge >= 0.3 is 12.6 Å². The van der Waals surface area contributed by atoms with E-state index in [0.29, 0.717) is 17.1 Å². The average molecular weight is 463 g/mol. The van der Waals surface area contributed by atoms with Crippen LogP contribution in [0.5, 0.6) is 17.2 Å². The first kappa shape index (κ1) is 23.8. The summed E-state index contributed by atoms with van der Waals surface area (Å²) >= 11 is 0. The molecule has 1 saturated heterocycles. The zero-order chi connectivity index (χ0) is 24.2. The first-order valence-corrected chi connectivity index (χ1v) is 9.85. The number of carbonyl (C=O) groups excluding carboxylic acids is 3. The SMILES string of the molecule is COc1ccc(C[C@]2(C)NC(=O)N(CC(=O)Nc3ccccc3OC(F)F)C2=O)cc1OC. The van der Waals surface area contributed by atoms with Crippen LogP contribution in [0.1, 0.15) is 12.5 Å². The van der Waals surface area contributed by atoms with Crippen LogP contribution < -0.4 is 24.8 Å². The predicted molar refractivity (Wildman–Crippen MR) is 114 cm³/mol. The van der Waals surface area contributed by atoms with Crippen LogP contribution in [0.3, 0.4) is 0 Å². The van der Waals surface area contributed by atoms with Crippen molar-refractivity contribution in [1.82, 2.24) is 10.2 Å². The lowest BCUT2D eigenvalue weighted by Gasteiger charge is -2.22. The number of ether oxygens (including phenoxy) is 3. The van der Waals surface area contributed by atoms with E-state index in [1.54, 1.807) is 25.1 Å². The Labute approximate surface area is 188 Å². The number of anilines is 1. The van der Waals surface area contributed by atoms with Crippen LogP contribution in [0, 0.1) is 0 Å². The number of urea groups is 1. The minimum atomic E-state index is -3.08. The summed E-state index contributed by atoms with van der Waals surface area (Å²) in [6.45, 7) is -2.13. The minimum absolute atomic E-state index is 0.0112. The van der Waals surface area contributed by atoms with Crippen molar-refractivity contribution in [3.05, 3.63) is 48.0 Å². The van der Waals surface area contributed by atoms with E-state index in [1.165, 1.54) is 38.5 Å². The van der Waals surface area contributed by atoms with Gasteiger partial charge in [0, 0.05) is 6.42 Å². The number of hydrogen-bond donors (Lipinski definition) is 2. The Morgan fingerprint density at radius 1 is 1.09 bits per heavy atom. The molecule has 0 radical (unpaired) electrons. The summed E-state index contributed by atoms with van der Waals surface area (Å²) in [6.07, 6.45) is 0.140. The number of benzene rings is 2. The van der Waals surface area contributed by atoms with Crippen LogP contribution in [-0.4, -0.2) is 55.7 Å². The van der Waals surface area contributed by atoms with E-state index in [0.717, 1.165) is 4.90 Å². The van der Waals surface area contributed by atoms with Crippen LogP contribution in [-0.2, 0) is 16.0 Å². The Kier molecular flexibility index (Phi) is 7.00. The van der Waals surface area contributed by atoms with Gasteiger partial charge in [-0.2, -0.15) is 8.78 Å². The van der Waals surface area contributed by atoms with Gasteiger partial charge in [-0.25, -0.2) is 4.79 Å². The van der Waals surface area contributed by atoms with E-state index >= 15 is 0 Å². The molecular weight excluding hydrogens is 440 g/mol. The van der Waals surface area contributed by atoms with E-state index in [9.17, 15) is 23.2 Å². The third kappa shape index (κ3) is 5.30. The fourth-order valence-electron chi connectivity index (χ4n) is 3.51. The second-order valence-electron chi connectivity index (χ2n) is 7.44. The molecule has 0 bridgehead atoms. The van der Waals surface area contributed by atoms with Crippen molar-refractivity contribution in [3.63, 3.8) is 0 Å². The standard InChI is InChI=1S/C22H23F2N3O6/c1-22(11-13-8-9-16(31-2)17(10-13)32-3)19(29)27(21(30)26-22)12-18(28)25-14-6-4-5-7-15(14)33-20(23)24/h4-10,20H,11-12H2,1-3H3,(H,25,28)(H,26,30)/t22-/m0/s1. The molecule has 2 aromatic rings. The topological polar surface area (TPSA) is 106 Å². The highest BCUT2D eigenvalue weighted by atomic mass is 19.3. The molecule has 1 heterocycles. The number of nitrogens with one attached hydrogen (secondary N) is 2. The van der Waals surface area contributed by atoms with Crippen LogP contribution in [0.15, 0.2) is 42.5 Å². The molecule has 1 aliphatic heterocycles. The molecule has 33 heavy (non-hydrogen) atoms. The number of methoxy groups -OCH3 is 2. The molecule has 1 atom stereocenters. The van der Waals surface area contributed by atoms with Crippen molar-refractivity contribution in [1.29, 1.82) is 0 Å². The minimum Gasteiger partial charge on any atom is -0.493 e. The smallest absolute Gasteiger partial charge is 0.387 e. The van der Waals surface area contributed by atoms with Gasteiger partial charge in [0.25, 0.3) is 5.91 Å². The van der Waals surface area contributed by atoms with E-state index in [1.807, 2.05) is 0 Å². The maximum Gasteiger partial charge on any atom is 0.387 e. The molecule has 4 amide bonds. The van der Waals surface area contributed by atoms with Crippen molar-refractivity contribution >= 4 is 23.5 Å². The Morgan fingerprint density at radius 3 is 2.45 bits per heavy atom. The molecule has 11 heteroatoms. The molecule has 0 spiro atoms. The van der Waals surface area contributed by atoms with Crippen molar-refractivity contribution in [3.8, 4) is 17.2 Å². The van der Waals surface area contributed by atoms with Gasteiger partial charge < -0.3 is 24.8 Å². The Bertz CT molecular complexity index is 1060. The average Bonchev–Trinajstić information content (AvgIpc) is 2.97.